The number of carbonyl (C=O) groups excluding carboxylic acids is 2. The van der Waals surface area contributed by atoms with E-state index < -0.39 is 0 Å². The van der Waals surface area contributed by atoms with Crippen LogP contribution in [0.2, 0.25) is 0 Å². The van der Waals surface area contributed by atoms with Crippen molar-refractivity contribution in [2.24, 2.45) is 7.05 Å². The zero-order valence-electron chi connectivity index (χ0n) is 31.4. The molecule has 1 N–H and O–H groups in total. The van der Waals surface area contributed by atoms with Gasteiger partial charge in [-0.25, -0.2) is 0 Å². The summed E-state index contributed by atoms with van der Waals surface area (Å²) in [6.45, 7) is 5.22. The lowest BCUT2D eigenvalue weighted by atomic mass is 9.92. The Bertz CT molecular complexity index is 2420. The quantitative estimate of drug-likeness (QED) is 0.174. The Balaban J connectivity index is 0.00000441. The van der Waals surface area contributed by atoms with Gasteiger partial charge in [-0.05, 0) is 110 Å². The minimum Gasteiger partial charge on any atom is -0.508 e. The van der Waals surface area contributed by atoms with Gasteiger partial charge in [0.25, 0.3) is 11.8 Å². The zero-order chi connectivity index (χ0) is 37.6. The fourth-order valence-electron chi connectivity index (χ4n) is 8.74. The number of halogens is 2. The average molecular weight is 835 g/mol. The molecule has 2 amide bonds. The van der Waals surface area contributed by atoms with Crippen molar-refractivity contribution in [3.8, 4) is 17.0 Å². The van der Waals surface area contributed by atoms with Gasteiger partial charge in [0.2, 0.25) is 0 Å². The van der Waals surface area contributed by atoms with Gasteiger partial charge in [-0.2, -0.15) is 0 Å². The summed E-state index contributed by atoms with van der Waals surface area (Å²) in [5.74, 6) is -0.0234. The predicted octanol–water partition coefficient (Wildman–Crippen LogP) is 8.75. The van der Waals surface area contributed by atoms with E-state index in [2.05, 4.69) is 65.2 Å². The molecule has 1 atom stereocenters. The molecule has 288 valence electrons. The third kappa shape index (κ3) is 7.15. The smallest absolute Gasteiger partial charge is 0.264 e. The van der Waals surface area contributed by atoms with Crippen molar-refractivity contribution < 1.29 is 19.4 Å². The third-order valence-electron chi connectivity index (χ3n) is 11.6. The molecule has 1 fully saturated rings. The number of phenolic OH excluding ortho intramolecular Hbond substituents is 1. The molecule has 56 heavy (non-hydrogen) atoms. The number of hydrogen-bond donors (Lipinski definition) is 1. The van der Waals surface area contributed by atoms with Gasteiger partial charge in [0.15, 0.2) is 0 Å². The van der Waals surface area contributed by atoms with Crippen LogP contribution in [0.5, 0.6) is 5.75 Å². The Morgan fingerprint density at radius 2 is 1.62 bits per heavy atom. The van der Waals surface area contributed by atoms with Crippen molar-refractivity contribution in [1.82, 2.24) is 18.9 Å². The number of aryl methyl sites for hydroxylation is 1. The van der Waals surface area contributed by atoms with E-state index >= 15 is 9.59 Å². The van der Waals surface area contributed by atoms with Crippen LogP contribution in [0.15, 0.2) is 108 Å². The van der Waals surface area contributed by atoms with Crippen LogP contribution in [-0.2, 0) is 37.7 Å². The topological polar surface area (TPSA) is 83.2 Å². The van der Waals surface area contributed by atoms with Crippen LogP contribution < -0.4 is 4.90 Å². The summed E-state index contributed by atoms with van der Waals surface area (Å²) >= 11 is 3.73. The monoisotopic (exact) mass is 833 g/mol. The van der Waals surface area contributed by atoms with Crippen molar-refractivity contribution in [3.05, 3.63) is 136 Å². The maximum Gasteiger partial charge on any atom is 0.264 e. The summed E-state index contributed by atoms with van der Waals surface area (Å²) < 4.78 is 10.8. The summed E-state index contributed by atoms with van der Waals surface area (Å²) in [5, 5.41) is 11.2. The molecule has 11 heteroatoms. The molecule has 2 aromatic heterocycles. The van der Waals surface area contributed by atoms with Crippen LogP contribution in [0.4, 0.5) is 11.4 Å². The van der Waals surface area contributed by atoms with Crippen LogP contribution in [0, 0.1) is 0 Å². The SMILES string of the molecule is Cl.Cn1ccc2cc(N(C(=O)c3cc(-c4cc(Br)ccc4C(=O)N4Cc5ccccc5C[C@H]4CN4CCOCC4)n4c3CCCC4)c3ccc(O)cc3)ccc21. The summed E-state index contributed by atoms with van der Waals surface area (Å²) in [6.07, 6.45) is 5.52. The van der Waals surface area contributed by atoms with E-state index in [9.17, 15) is 5.11 Å². The highest BCUT2D eigenvalue weighted by Crippen LogP contribution is 2.39. The number of nitrogens with zero attached hydrogens (tertiary/aromatic N) is 5. The molecule has 3 aliphatic heterocycles. The number of benzene rings is 4. The Kier molecular flexibility index (Phi) is 10.8. The number of fused-ring (bicyclic) bond motifs is 3. The van der Waals surface area contributed by atoms with E-state index in [4.69, 9.17) is 4.74 Å². The van der Waals surface area contributed by atoms with Gasteiger partial charge < -0.3 is 23.9 Å². The average Bonchev–Trinajstić information content (AvgIpc) is 3.79. The van der Waals surface area contributed by atoms with Crippen molar-refractivity contribution in [3.63, 3.8) is 0 Å². The standard InChI is InChI=1S/C45H44BrN5O4.ClH/c1-47-19-17-31-25-35(12-16-41(31)47)51(34-10-13-37(52)14-11-34)45(54)40-27-43(49-18-5-4-8-42(40)49)39-26-33(46)9-15-38(39)44(53)50-28-32-7-3-2-6-30(32)24-36(50)29-48-20-22-55-23-21-48;/h2-3,6-7,9-17,19,25-27,36,52H,4-5,8,18,20-24,28-29H2,1H3;1H/t36-;/m0./s1. The molecule has 9 rings (SSSR count). The van der Waals surface area contributed by atoms with Crippen molar-refractivity contribution in [2.75, 3.05) is 37.7 Å². The first-order valence-electron chi connectivity index (χ1n) is 19.2. The highest BCUT2D eigenvalue weighted by atomic mass is 79.9. The van der Waals surface area contributed by atoms with Crippen LogP contribution in [0.3, 0.4) is 0 Å². The molecule has 1 saturated heterocycles. The summed E-state index contributed by atoms with van der Waals surface area (Å²) in [4.78, 5) is 36.4. The number of rotatable bonds is 7. The Hall–Kier alpha value is -4.87. The number of hydrogen-bond acceptors (Lipinski definition) is 5. The lowest BCUT2D eigenvalue weighted by molar-refractivity contribution is 0.0193. The van der Waals surface area contributed by atoms with Gasteiger partial charge in [0.05, 0.1) is 18.8 Å². The molecule has 9 nitrogen and oxygen atoms in total. The fraction of sp³-hybridized carbons (Fsp3) is 0.289. The number of aromatic nitrogens is 2. The number of amides is 2. The largest absolute Gasteiger partial charge is 0.508 e. The van der Waals surface area contributed by atoms with Crippen LogP contribution in [0.1, 0.15) is 50.4 Å². The minimum atomic E-state index is -0.154. The van der Waals surface area contributed by atoms with Crippen molar-refractivity contribution in [1.29, 1.82) is 0 Å². The van der Waals surface area contributed by atoms with Gasteiger partial charge in [0.1, 0.15) is 5.75 Å². The second-order valence-corrected chi connectivity index (χ2v) is 15.9. The molecule has 0 radical (unpaired) electrons. The first kappa shape index (κ1) is 38.0. The molecule has 3 aliphatic rings. The highest BCUT2D eigenvalue weighted by molar-refractivity contribution is 9.10. The number of aromatic hydroxyl groups is 1. The molecule has 4 aromatic carbocycles. The number of morpholine rings is 1. The first-order valence-corrected chi connectivity index (χ1v) is 20.0. The van der Waals surface area contributed by atoms with E-state index in [1.807, 2.05) is 55.7 Å². The first-order chi connectivity index (χ1) is 26.8. The van der Waals surface area contributed by atoms with E-state index in [1.54, 1.807) is 29.2 Å². The van der Waals surface area contributed by atoms with E-state index in [-0.39, 0.29) is 36.0 Å². The summed E-state index contributed by atoms with van der Waals surface area (Å²) in [5.41, 5.74) is 8.86. The Labute approximate surface area is 341 Å². The van der Waals surface area contributed by atoms with Gasteiger partial charge in [-0.1, -0.05) is 40.2 Å². The second kappa shape index (κ2) is 15.9. The Morgan fingerprint density at radius 3 is 2.43 bits per heavy atom. The molecule has 0 unspecified atom stereocenters. The fourth-order valence-corrected chi connectivity index (χ4v) is 9.10. The van der Waals surface area contributed by atoms with Gasteiger partial charge in [0, 0.05) is 101 Å². The molecule has 0 bridgehead atoms. The molecule has 6 aromatic rings. The second-order valence-electron chi connectivity index (χ2n) is 15.0. The van der Waals surface area contributed by atoms with E-state index in [0.717, 1.165) is 89.9 Å². The molecule has 0 spiro atoms. The molecule has 0 saturated carbocycles. The predicted molar refractivity (Wildman–Crippen MR) is 226 cm³/mol. The molecular formula is C45H45BrClN5O4. The van der Waals surface area contributed by atoms with E-state index in [0.29, 0.717) is 36.6 Å². The summed E-state index contributed by atoms with van der Waals surface area (Å²) in [7, 11) is 2.01. The van der Waals surface area contributed by atoms with Crippen LogP contribution >= 0.6 is 28.3 Å². The van der Waals surface area contributed by atoms with Gasteiger partial charge >= 0.3 is 0 Å². The van der Waals surface area contributed by atoms with Gasteiger partial charge in [-0.15, -0.1) is 12.4 Å². The maximum absolute atomic E-state index is 15.1. The number of anilines is 2. The molecule has 0 aliphatic carbocycles. The number of ether oxygens (including phenoxy) is 1. The molecular weight excluding hydrogens is 790 g/mol. The van der Waals surface area contributed by atoms with Crippen LogP contribution in [0.25, 0.3) is 22.2 Å². The number of carbonyl (C=O) groups is 2. The molecule has 5 heterocycles. The normalized spacial score (nSPS) is 16.9. The zero-order valence-corrected chi connectivity index (χ0v) is 33.8. The van der Waals surface area contributed by atoms with E-state index in [1.165, 1.54) is 11.1 Å². The maximum atomic E-state index is 15.1. The third-order valence-corrected chi connectivity index (χ3v) is 12.1. The highest BCUT2D eigenvalue weighted by Gasteiger charge is 2.35. The Morgan fingerprint density at radius 1 is 0.857 bits per heavy atom. The van der Waals surface area contributed by atoms with Crippen molar-refractivity contribution in [2.45, 2.75) is 44.8 Å². The lowest BCUT2D eigenvalue weighted by Crippen LogP contribution is -2.52. The minimum absolute atomic E-state index is 0. The van der Waals surface area contributed by atoms with Crippen molar-refractivity contribution >= 4 is 62.4 Å². The summed E-state index contributed by atoms with van der Waals surface area (Å²) in [6, 6.07) is 31.3. The number of phenols is 1. The van der Waals surface area contributed by atoms with Crippen LogP contribution in [-0.4, -0.2) is 74.7 Å². The van der Waals surface area contributed by atoms with Gasteiger partial charge in [-0.3, -0.25) is 19.4 Å². The lowest BCUT2D eigenvalue weighted by Gasteiger charge is -2.40.